The van der Waals surface area contributed by atoms with Crippen molar-refractivity contribution < 1.29 is 0 Å². The van der Waals surface area contributed by atoms with E-state index >= 15 is 0 Å². The molecule has 5 rings (SSSR count). The lowest BCUT2D eigenvalue weighted by atomic mass is 9.73. The molecule has 3 aliphatic carbocycles. The normalized spacial score (nSPS) is 38.7. The summed E-state index contributed by atoms with van der Waals surface area (Å²) in [6.07, 6.45) is 10.8. The van der Waals surface area contributed by atoms with E-state index in [1.807, 2.05) is 0 Å². The molecule has 2 bridgehead atoms. The van der Waals surface area contributed by atoms with Gasteiger partial charge in [-0.3, -0.25) is 0 Å². The van der Waals surface area contributed by atoms with Crippen molar-refractivity contribution in [1.29, 1.82) is 0 Å². The lowest BCUT2D eigenvalue weighted by Crippen LogP contribution is -2.22. The highest BCUT2D eigenvalue weighted by Gasteiger charge is 2.48. The van der Waals surface area contributed by atoms with Gasteiger partial charge in [-0.1, -0.05) is 61.5 Å². The fourth-order valence-corrected chi connectivity index (χ4v) is 5.93. The summed E-state index contributed by atoms with van der Waals surface area (Å²) in [5.41, 5.74) is 1.60. The van der Waals surface area contributed by atoms with Crippen molar-refractivity contribution >= 4 is 10.8 Å². The maximum Gasteiger partial charge on any atom is -0.0130 e. The van der Waals surface area contributed by atoms with E-state index in [1.165, 1.54) is 36.5 Å². The highest BCUT2D eigenvalue weighted by atomic mass is 14.5. The Labute approximate surface area is 139 Å². The number of hydrogen-bond donors (Lipinski definition) is 0. The average Bonchev–Trinajstić information content (AvgIpc) is 3.29. The van der Waals surface area contributed by atoms with Crippen LogP contribution in [-0.4, -0.2) is 0 Å². The maximum absolute atomic E-state index is 2.54. The SMILES string of the molecule is CC1C=CC(C2CC3CC2CC3c2ccc3ccccc3c2)C1. The molecule has 6 unspecified atom stereocenters. The van der Waals surface area contributed by atoms with Gasteiger partial charge in [0.2, 0.25) is 0 Å². The first-order valence-corrected chi connectivity index (χ1v) is 9.45. The first kappa shape index (κ1) is 13.8. The summed E-state index contributed by atoms with van der Waals surface area (Å²) in [6, 6.07) is 16.0. The van der Waals surface area contributed by atoms with Gasteiger partial charge in [0.15, 0.2) is 0 Å². The molecule has 0 amide bonds. The smallest absolute Gasteiger partial charge is 0.0130 e. The summed E-state index contributed by atoms with van der Waals surface area (Å²) < 4.78 is 0. The zero-order valence-corrected chi connectivity index (χ0v) is 14.0. The minimum atomic E-state index is 0.815. The van der Waals surface area contributed by atoms with Crippen LogP contribution in [0.5, 0.6) is 0 Å². The monoisotopic (exact) mass is 302 g/mol. The molecule has 2 aromatic carbocycles. The van der Waals surface area contributed by atoms with Crippen LogP contribution in [0.3, 0.4) is 0 Å². The van der Waals surface area contributed by atoms with Gasteiger partial charge in [-0.15, -0.1) is 0 Å². The second kappa shape index (κ2) is 5.23. The van der Waals surface area contributed by atoms with E-state index in [2.05, 4.69) is 61.5 Å². The zero-order chi connectivity index (χ0) is 15.4. The molecule has 0 N–H and O–H groups in total. The van der Waals surface area contributed by atoms with Crippen molar-refractivity contribution in [3.63, 3.8) is 0 Å². The topological polar surface area (TPSA) is 0 Å². The number of allylic oxidation sites excluding steroid dienone is 2. The molecule has 0 nitrogen and oxygen atoms in total. The molecular formula is C23H26. The Morgan fingerprint density at radius 3 is 2.39 bits per heavy atom. The predicted octanol–water partition coefficient (Wildman–Crippen LogP) is 6.18. The lowest BCUT2D eigenvalue weighted by Gasteiger charge is -2.32. The van der Waals surface area contributed by atoms with Crippen LogP contribution >= 0.6 is 0 Å². The van der Waals surface area contributed by atoms with Gasteiger partial charge < -0.3 is 0 Å². The Balaban J connectivity index is 1.37. The fourth-order valence-electron chi connectivity index (χ4n) is 5.93. The van der Waals surface area contributed by atoms with Gasteiger partial charge in [0, 0.05) is 0 Å². The van der Waals surface area contributed by atoms with E-state index in [4.69, 9.17) is 0 Å². The van der Waals surface area contributed by atoms with Crippen molar-refractivity contribution in [3.05, 3.63) is 60.2 Å². The molecule has 118 valence electrons. The molecule has 0 saturated heterocycles. The molecule has 0 spiro atoms. The average molecular weight is 302 g/mol. The fraction of sp³-hybridized carbons (Fsp3) is 0.478. The molecule has 0 aliphatic heterocycles. The van der Waals surface area contributed by atoms with E-state index in [9.17, 15) is 0 Å². The Kier molecular flexibility index (Phi) is 3.15. The first-order valence-electron chi connectivity index (χ1n) is 9.45. The van der Waals surface area contributed by atoms with Crippen LogP contribution in [-0.2, 0) is 0 Å². The number of hydrogen-bond acceptors (Lipinski definition) is 0. The quantitative estimate of drug-likeness (QED) is 0.581. The third kappa shape index (κ3) is 2.26. The highest BCUT2D eigenvalue weighted by molar-refractivity contribution is 5.83. The number of fused-ring (bicyclic) bond motifs is 3. The van der Waals surface area contributed by atoms with E-state index in [1.54, 1.807) is 5.56 Å². The summed E-state index contributed by atoms with van der Waals surface area (Å²) in [6.45, 7) is 2.38. The van der Waals surface area contributed by atoms with Gasteiger partial charge in [-0.05, 0) is 77.5 Å². The largest absolute Gasteiger partial charge is 0.0854 e. The van der Waals surface area contributed by atoms with Gasteiger partial charge in [-0.2, -0.15) is 0 Å². The molecule has 0 aromatic heterocycles. The number of rotatable bonds is 2. The Bertz CT molecular complexity index is 755. The molecule has 2 fully saturated rings. The van der Waals surface area contributed by atoms with E-state index < -0.39 is 0 Å². The Hall–Kier alpha value is -1.56. The molecule has 23 heavy (non-hydrogen) atoms. The molecule has 0 radical (unpaired) electrons. The summed E-state index contributed by atoms with van der Waals surface area (Å²) in [5.74, 6) is 5.43. The second-order valence-corrected chi connectivity index (χ2v) is 8.37. The maximum atomic E-state index is 2.54. The minimum absolute atomic E-state index is 0.815. The highest BCUT2D eigenvalue weighted by Crippen LogP contribution is 2.59. The van der Waals surface area contributed by atoms with Gasteiger partial charge >= 0.3 is 0 Å². The summed E-state index contributed by atoms with van der Waals surface area (Å²) in [4.78, 5) is 0. The Morgan fingerprint density at radius 2 is 1.65 bits per heavy atom. The van der Waals surface area contributed by atoms with Crippen molar-refractivity contribution in [2.75, 3.05) is 0 Å². The molecule has 2 saturated carbocycles. The molecule has 2 aromatic rings. The number of benzene rings is 2. The molecular weight excluding hydrogens is 276 g/mol. The van der Waals surface area contributed by atoms with Crippen LogP contribution < -0.4 is 0 Å². The van der Waals surface area contributed by atoms with Gasteiger partial charge in [0.05, 0.1) is 0 Å². The third-order valence-electron chi connectivity index (χ3n) is 6.99. The molecule has 0 heterocycles. The molecule has 6 atom stereocenters. The summed E-state index contributed by atoms with van der Waals surface area (Å²) >= 11 is 0. The summed E-state index contributed by atoms with van der Waals surface area (Å²) in [5, 5.41) is 2.79. The van der Waals surface area contributed by atoms with Crippen LogP contribution in [0.25, 0.3) is 10.8 Å². The van der Waals surface area contributed by atoms with Crippen molar-refractivity contribution in [3.8, 4) is 0 Å². The van der Waals surface area contributed by atoms with E-state index in [-0.39, 0.29) is 0 Å². The predicted molar refractivity (Wildman–Crippen MR) is 97.4 cm³/mol. The second-order valence-electron chi connectivity index (χ2n) is 8.37. The minimum Gasteiger partial charge on any atom is -0.0854 e. The van der Waals surface area contributed by atoms with Gasteiger partial charge in [0.1, 0.15) is 0 Å². The zero-order valence-electron chi connectivity index (χ0n) is 14.0. The lowest BCUT2D eigenvalue weighted by molar-refractivity contribution is 0.236. The van der Waals surface area contributed by atoms with Crippen LogP contribution in [0.15, 0.2) is 54.6 Å². The van der Waals surface area contributed by atoms with Crippen LogP contribution in [0.1, 0.15) is 44.1 Å². The van der Waals surface area contributed by atoms with Crippen molar-refractivity contribution in [2.24, 2.45) is 29.6 Å². The standard InChI is InChI=1S/C23H26/c1-15-6-7-18(10-15)22-13-21-12-20(22)14-23(21)19-9-8-16-4-2-3-5-17(16)11-19/h2-9,11,15,18,20-23H,10,12-14H2,1H3. The van der Waals surface area contributed by atoms with Crippen molar-refractivity contribution in [2.45, 2.75) is 38.5 Å². The third-order valence-corrected chi connectivity index (χ3v) is 6.99. The van der Waals surface area contributed by atoms with Crippen molar-refractivity contribution in [1.82, 2.24) is 0 Å². The molecule has 0 heteroatoms. The van der Waals surface area contributed by atoms with Crippen LogP contribution in [0, 0.1) is 29.6 Å². The van der Waals surface area contributed by atoms with Gasteiger partial charge in [-0.25, -0.2) is 0 Å². The first-order chi connectivity index (χ1) is 11.3. The molecule has 3 aliphatic rings. The van der Waals surface area contributed by atoms with Crippen LogP contribution in [0.4, 0.5) is 0 Å². The Morgan fingerprint density at radius 1 is 0.783 bits per heavy atom. The van der Waals surface area contributed by atoms with Crippen LogP contribution in [0.2, 0.25) is 0 Å². The van der Waals surface area contributed by atoms with Gasteiger partial charge in [0.25, 0.3) is 0 Å². The van der Waals surface area contributed by atoms with E-state index in [0.29, 0.717) is 0 Å². The van der Waals surface area contributed by atoms with E-state index in [0.717, 1.165) is 35.5 Å². The summed E-state index contributed by atoms with van der Waals surface area (Å²) in [7, 11) is 0.